The summed E-state index contributed by atoms with van der Waals surface area (Å²) in [6.07, 6.45) is 1.58. The van der Waals surface area contributed by atoms with E-state index in [0.717, 1.165) is 12.2 Å². The zero-order chi connectivity index (χ0) is 12.1. The summed E-state index contributed by atoms with van der Waals surface area (Å²) in [4.78, 5) is 21.5. The third-order valence-electron chi connectivity index (χ3n) is 1.22. The monoisotopic (exact) mass is 234 g/mol. The van der Waals surface area contributed by atoms with Gasteiger partial charge >= 0.3 is 10.1 Å². The maximum Gasteiger partial charge on any atom is 0.305 e. The van der Waals surface area contributed by atoms with Gasteiger partial charge in [0.15, 0.2) is 0 Å². The Morgan fingerprint density at radius 2 is 1.47 bits per heavy atom. The Labute approximate surface area is 86.6 Å². The predicted molar refractivity (Wildman–Crippen MR) is 52.0 cm³/mol. The van der Waals surface area contributed by atoms with Crippen LogP contribution in [0.1, 0.15) is 0 Å². The standard InChI is InChI=1S/C7H10N2O5S/c1-3-5(10)8-7(15(12,13)14)9-6(11)4-2/h3-4,7H,1-2H2,(H,8,10)(H,9,11)(H,12,13,14). The van der Waals surface area contributed by atoms with Gasteiger partial charge in [-0.3, -0.25) is 14.1 Å². The molecular formula is C7H10N2O5S. The quantitative estimate of drug-likeness (QED) is 0.313. The highest BCUT2D eigenvalue weighted by molar-refractivity contribution is 7.86. The van der Waals surface area contributed by atoms with Crippen LogP contribution in [0.4, 0.5) is 0 Å². The molecule has 0 aromatic heterocycles. The van der Waals surface area contributed by atoms with Crippen molar-refractivity contribution in [3.8, 4) is 0 Å². The molecule has 8 heteroatoms. The van der Waals surface area contributed by atoms with Crippen molar-refractivity contribution in [2.24, 2.45) is 0 Å². The van der Waals surface area contributed by atoms with Gasteiger partial charge in [-0.15, -0.1) is 0 Å². The number of hydrogen-bond donors (Lipinski definition) is 3. The molecule has 84 valence electrons. The summed E-state index contributed by atoms with van der Waals surface area (Å²) in [5.41, 5.74) is -1.92. The van der Waals surface area contributed by atoms with Gasteiger partial charge in [0.05, 0.1) is 0 Å². The summed E-state index contributed by atoms with van der Waals surface area (Å²) in [7, 11) is -4.63. The van der Waals surface area contributed by atoms with Crippen molar-refractivity contribution in [1.82, 2.24) is 10.6 Å². The van der Waals surface area contributed by atoms with Gasteiger partial charge < -0.3 is 10.6 Å². The number of hydrogen-bond acceptors (Lipinski definition) is 4. The van der Waals surface area contributed by atoms with E-state index >= 15 is 0 Å². The molecule has 0 rings (SSSR count). The summed E-state index contributed by atoms with van der Waals surface area (Å²) in [6.45, 7) is 6.15. The van der Waals surface area contributed by atoms with Gasteiger partial charge in [-0.25, -0.2) is 0 Å². The van der Waals surface area contributed by atoms with E-state index < -0.39 is 27.4 Å². The molecule has 0 bridgehead atoms. The summed E-state index contributed by atoms with van der Waals surface area (Å²) in [6, 6.07) is 0. The lowest BCUT2D eigenvalue weighted by Gasteiger charge is -2.14. The molecule has 0 heterocycles. The number of nitrogens with one attached hydrogen (secondary N) is 2. The Balaban J connectivity index is 4.75. The SMILES string of the molecule is C=CC(=O)NC(NC(=O)C=C)S(=O)(=O)O. The van der Waals surface area contributed by atoms with Gasteiger partial charge in [0.25, 0.3) is 0 Å². The first-order valence-corrected chi connectivity index (χ1v) is 5.13. The van der Waals surface area contributed by atoms with Crippen LogP contribution in [0, 0.1) is 0 Å². The second-order valence-corrected chi connectivity index (χ2v) is 3.82. The second kappa shape index (κ2) is 5.27. The van der Waals surface area contributed by atoms with Crippen LogP contribution in [0.15, 0.2) is 25.3 Å². The molecule has 7 nitrogen and oxygen atoms in total. The van der Waals surface area contributed by atoms with Gasteiger partial charge in [-0.2, -0.15) is 8.42 Å². The van der Waals surface area contributed by atoms with Gasteiger partial charge in [0, 0.05) is 0 Å². The van der Waals surface area contributed by atoms with Crippen LogP contribution in [0.3, 0.4) is 0 Å². The minimum Gasteiger partial charge on any atom is -0.318 e. The van der Waals surface area contributed by atoms with E-state index in [1.54, 1.807) is 10.6 Å². The Morgan fingerprint density at radius 3 is 1.67 bits per heavy atom. The van der Waals surface area contributed by atoms with Crippen molar-refractivity contribution in [3.63, 3.8) is 0 Å². The largest absolute Gasteiger partial charge is 0.318 e. The van der Waals surface area contributed by atoms with Crippen molar-refractivity contribution in [2.75, 3.05) is 0 Å². The van der Waals surface area contributed by atoms with Gasteiger partial charge in [-0.1, -0.05) is 13.2 Å². The van der Waals surface area contributed by atoms with E-state index in [-0.39, 0.29) is 0 Å². The fraction of sp³-hybridized carbons (Fsp3) is 0.143. The predicted octanol–water partition coefficient (Wildman–Crippen LogP) is -1.24. The lowest BCUT2D eigenvalue weighted by atomic mass is 10.5. The number of carbonyl (C=O) groups excluding carboxylic acids is 2. The Morgan fingerprint density at radius 1 is 1.13 bits per heavy atom. The molecule has 0 aliphatic carbocycles. The van der Waals surface area contributed by atoms with Gasteiger partial charge in [0.2, 0.25) is 17.3 Å². The topological polar surface area (TPSA) is 113 Å². The van der Waals surface area contributed by atoms with E-state index in [2.05, 4.69) is 13.2 Å². The molecule has 0 aromatic carbocycles. The highest BCUT2D eigenvalue weighted by Gasteiger charge is 2.25. The maximum atomic E-state index is 10.8. The first-order chi connectivity index (χ1) is 6.81. The molecule has 0 saturated heterocycles. The third kappa shape index (κ3) is 4.93. The normalized spacial score (nSPS) is 10.5. The lowest BCUT2D eigenvalue weighted by molar-refractivity contribution is -0.118. The molecule has 2 amide bonds. The Bertz CT molecular complexity index is 364. The van der Waals surface area contributed by atoms with E-state index in [1.807, 2.05) is 0 Å². The van der Waals surface area contributed by atoms with Crippen molar-refractivity contribution in [1.29, 1.82) is 0 Å². The summed E-state index contributed by atoms with van der Waals surface area (Å²) >= 11 is 0. The molecule has 3 N–H and O–H groups in total. The van der Waals surface area contributed by atoms with Crippen molar-refractivity contribution in [2.45, 2.75) is 5.50 Å². The highest BCUT2D eigenvalue weighted by Crippen LogP contribution is 1.91. The zero-order valence-electron chi connectivity index (χ0n) is 7.63. The molecule has 0 spiro atoms. The Kier molecular flexibility index (Phi) is 4.68. The van der Waals surface area contributed by atoms with E-state index in [9.17, 15) is 18.0 Å². The van der Waals surface area contributed by atoms with Crippen LogP contribution in [0.2, 0.25) is 0 Å². The molecular weight excluding hydrogens is 224 g/mol. The first-order valence-electron chi connectivity index (χ1n) is 3.63. The summed E-state index contributed by atoms with van der Waals surface area (Å²) in [5, 5.41) is 3.59. The van der Waals surface area contributed by atoms with Crippen LogP contribution in [-0.2, 0) is 19.7 Å². The van der Waals surface area contributed by atoms with Crippen LogP contribution in [0.25, 0.3) is 0 Å². The summed E-state index contributed by atoms with van der Waals surface area (Å²) in [5.74, 6) is -1.72. The molecule has 0 atom stereocenters. The van der Waals surface area contributed by atoms with Gasteiger partial charge in [0.1, 0.15) is 0 Å². The molecule has 0 saturated carbocycles. The average molecular weight is 234 g/mol. The fourth-order valence-electron chi connectivity index (χ4n) is 0.561. The number of carbonyl (C=O) groups is 2. The van der Waals surface area contributed by atoms with Crippen molar-refractivity contribution >= 4 is 21.9 Å². The molecule has 0 unspecified atom stereocenters. The maximum absolute atomic E-state index is 10.8. The smallest absolute Gasteiger partial charge is 0.305 e. The lowest BCUT2D eigenvalue weighted by Crippen LogP contribution is -2.51. The molecule has 0 aromatic rings. The molecule has 0 aliphatic rings. The zero-order valence-corrected chi connectivity index (χ0v) is 8.45. The first kappa shape index (κ1) is 13.3. The fourth-order valence-corrected chi connectivity index (χ4v) is 1.09. The van der Waals surface area contributed by atoms with Crippen molar-refractivity contribution < 1.29 is 22.6 Å². The van der Waals surface area contributed by atoms with Crippen molar-refractivity contribution in [3.05, 3.63) is 25.3 Å². The molecule has 0 aliphatic heterocycles. The van der Waals surface area contributed by atoms with E-state index in [4.69, 9.17) is 4.55 Å². The minimum atomic E-state index is -4.63. The summed E-state index contributed by atoms with van der Waals surface area (Å²) < 4.78 is 30.0. The third-order valence-corrected chi connectivity index (χ3v) is 2.05. The molecule has 15 heavy (non-hydrogen) atoms. The van der Waals surface area contributed by atoms with E-state index in [1.165, 1.54) is 0 Å². The van der Waals surface area contributed by atoms with Crippen LogP contribution >= 0.6 is 0 Å². The highest BCUT2D eigenvalue weighted by atomic mass is 32.2. The van der Waals surface area contributed by atoms with Gasteiger partial charge in [-0.05, 0) is 12.2 Å². The Hall–Kier alpha value is -1.67. The minimum absolute atomic E-state index is 0.790. The number of rotatable bonds is 5. The van der Waals surface area contributed by atoms with Crippen LogP contribution in [0.5, 0.6) is 0 Å². The molecule has 0 fully saturated rings. The number of amides is 2. The van der Waals surface area contributed by atoms with Crippen LogP contribution < -0.4 is 10.6 Å². The van der Waals surface area contributed by atoms with E-state index in [0.29, 0.717) is 0 Å². The van der Waals surface area contributed by atoms with Crippen LogP contribution in [-0.4, -0.2) is 30.3 Å². The molecule has 0 radical (unpaired) electrons. The second-order valence-electron chi connectivity index (χ2n) is 2.32. The average Bonchev–Trinajstić information content (AvgIpc) is 2.14.